The number of unbranched alkanes of at least 4 members (excludes halogenated alkanes) is 6. The van der Waals surface area contributed by atoms with E-state index in [0.29, 0.717) is 24.2 Å². The van der Waals surface area contributed by atoms with Crippen LogP contribution in [0.1, 0.15) is 84.5 Å². The van der Waals surface area contributed by atoms with Gasteiger partial charge in [0.05, 0.1) is 26.4 Å². The molecule has 2 rings (SSSR count). The van der Waals surface area contributed by atoms with Gasteiger partial charge in [0.1, 0.15) is 6.61 Å². The number of rotatable bonds is 15. The highest BCUT2D eigenvalue weighted by molar-refractivity contribution is 5.91. The summed E-state index contributed by atoms with van der Waals surface area (Å²) in [6.45, 7) is 3.46. The Bertz CT molecular complexity index is 1000. The molecule has 0 saturated carbocycles. The maximum absolute atomic E-state index is 12.2. The minimum Gasteiger partial charge on any atom is -0.467 e. The lowest BCUT2D eigenvalue weighted by molar-refractivity contribution is -0.146. The Morgan fingerprint density at radius 2 is 1.56 bits per heavy atom. The standard InChI is InChI=1S/C30H39NO5/c1-4-5-6-7-8-9-10-11-12-24-13-15-25(16-14-24)20-31-21-26-17-18-27(22-36-23-29(32)34-2)28(19-26)30(33)35-3/h13-19,31H,4-10,20-23H2,1-3H3. The van der Waals surface area contributed by atoms with Crippen molar-refractivity contribution in [2.45, 2.75) is 71.6 Å². The van der Waals surface area contributed by atoms with Crippen molar-refractivity contribution in [1.82, 2.24) is 5.32 Å². The summed E-state index contributed by atoms with van der Waals surface area (Å²) in [5.41, 5.74) is 4.23. The van der Waals surface area contributed by atoms with Gasteiger partial charge in [-0.15, -0.1) is 0 Å². The van der Waals surface area contributed by atoms with Crippen molar-refractivity contribution in [3.05, 3.63) is 70.3 Å². The molecule has 0 atom stereocenters. The van der Waals surface area contributed by atoms with Crippen molar-refractivity contribution in [3.8, 4) is 11.8 Å². The fraction of sp³-hybridized carbons (Fsp3) is 0.467. The smallest absolute Gasteiger partial charge is 0.338 e. The van der Waals surface area contributed by atoms with E-state index in [9.17, 15) is 9.59 Å². The molecule has 0 aliphatic carbocycles. The van der Waals surface area contributed by atoms with Crippen LogP contribution in [-0.2, 0) is 38.7 Å². The Kier molecular flexibility index (Phi) is 14.0. The molecule has 0 aliphatic rings. The summed E-state index contributed by atoms with van der Waals surface area (Å²) in [4.78, 5) is 23.5. The lowest BCUT2D eigenvalue weighted by Gasteiger charge is -2.11. The molecule has 36 heavy (non-hydrogen) atoms. The molecule has 0 saturated heterocycles. The molecule has 0 radical (unpaired) electrons. The first-order chi connectivity index (χ1) is 17.6. The summed E-state index contributed by atoms with van der Waals surface area (Å²) >= 11 is 0. The van der Waals surface area contributed by atoms with E-state index in [1.54, 1.807) is 6.07 Å². The van der Waals surface area contributed by atoms with E-state index >= 15 is 0 Å². The van der Waals surface area contributed by atoms with Crippen molar-refractivity contribution in [2.24, 2.45) is 0 Å². The fourth-order valence-corrected chi connectivity index (χ4v) is 3.68. The zero-order chi connectivity index (χ0) is 26.0. The van der Waals surface area contributed by atoms with Crippen LogP contribution < -0.4 is 5.32 Å². The van der Waals surface area contributed by atoms with E-state index in [4.69, 9.17) is 9.47 Å². The summed E-state index contributed by atoms with van der Waals surface area (Å²) in [5.74, 6) is 5.63. The third-order valence-electron chi connectivity index (χ3n) is 5.78. The third kappa shape index (κ3) is 11.1. The van der Waals surface area contributed by atoms with Gasteiger partial charge in [-0.2, -0.15) is 0 Å². The number of carbonyl (C=O) groups excluding carboxylic acids is 2. The molecule has 2 aromatic carbocycles. The molecule has 6 nitrogen and oxygen atoms in total. The van der Waals surface area contributed by atoms with E-state index < -0.39 is 11.9 Å². The Labute approximate surface area is 215 Å². The lowest BCUT2D eigenvalue weighted by Crippen LogP contribution is -2.15. The van der Waals surface area contributed by atoms with E-state index in [2.05, 4.69) is 53.1 Å². The van der Waals surface area contributed by atoms with Gasteiger partial charge in [0.15, 0.2) is 0 Å². The van der Waals surface area contributed by atoms with Crippen LogP contribution in [0.25, 0.3) is 0 Å². The molecule has 0 amide bonds. The molecule has 1 N–H and O–H groups in total. The van der Waals surface area contributed by atoms with Crippen LogP contribution >= 0.6 is 0 Å². The van der Waals surface area contributed by atoms with Gasteiger partial charge in [0.25, 0.3) is 0 Å². The zero-order valence-corrected chi connectivity index (χ0v) is 21.9. The van der Waals surface area contributed by atoms with Crippen LogP contribution in [0.5, 0.6) is 0 Å². The summed E-state index contributed by atoms with van der Waals surface area (Å²) < 4.78 is 14.8. The molecular weight excluding hydrogens is 454 g/mol. The first-order valence-corrected chi connectivity index (χ1v) is 12.7. The number of methoxy groups -OCH3 is 2. The second-order valence-corrected chi connectivity index (χ2v) is 8.67. The van der Waals surface area contributed by atoms with E-state index in [0.717, 1.165) is 23.1 Å². The second kappa shape index (κ2) is 17.3. The van der Waals surface area contributed by atoms with Crippen molar-refractivity contribution < 1.29 is 23.8 Å². The van der Waals surface area contributed by atoms with Crippen LogP contribution in [-0.4, -0.2) is 32.8 Å². The third-order valence-corrected chi connectivity index (χ3v) is 5.78. The molecular formula is C30H39NO5. The maximum Gasteiger partial charge on any atom is 0.338 e. The number of hydrogen-bond acceptors (Lipinski definition) is 6. The van der Waals surface area contributed by atoms with Crippen LogP contribution in [0.2, 0.25) is 0 Å². The van der Waals surface area contributed by atoms with Gasteiger partial charge in [-0.05, 0) is 41.3 Å². The van der Waals surface area contributed by atoms with E-state index in [-0.39, 0.29) is 13.2 Å². The quantitative estimate of drug-likeness (QED) is 0.199. The second-order valence-electron chi connectivity index (χ2n) is 8.67. The fourth-order valence-electron chi connectivity index (χ4n) is 3.68. The zero-order valence-electron chi connectivity index (χ0n) is 21.9. The molecule has 0 spiro atoms. The number of carbonyl (C=O) groups is 2. The van der Waals surface area contributed by atoms with Crippen LogP contribution in [0.15, 0.2) is 42.5 Å². The lowest BCUT2D eigenvalue weighted by atomic mass is 10.0. The monoisotopic (exact) mass is 493 g/mol. The Balaban J connectivity index is 1.81. The molecule has 0 aliphatic heterocycles. The average molecular weight is 494 g/mol. The molecule has 2 aromatic rings. The molecule has 0 unspecified atom stereocenters. The number of esters is 2. The number of hydrogen-bond donors (Lipinski definition) is 1. The van der Waals surface area contributed by atoms with Crippen molar-refractivity contribution in [2.75, 3.05) is 20.8 Å². The predicted octanol–water partition coefficient (Wildman–Crippen LogP) is 5.55. The van der Waals surface area contributed by atoms with E-state index in [1.165, 1.54) is 52.7 Å². The van der Waals surface area contributed by atoms with Gasteiger partial charge in [0, 0.05) is 25.1 Å². The van der Waals surface area contributed by atoms with Gasteiger partial charge in [-0.3, -0.25) is 0 Å². The topological polar surface area (TPSA) is 73.9 Å². The molecule has 0 heterocycles. The van der Waals surface area contributed by atoms with Gasteiger partial charge < -0.3 is 19.5 Å². The van der Waals surface area contributed by atoms with Crippen LogP contribution in [0.3, 0.4) is 0 Å². The minimum absolute atomic E-state index is 0.113. The summed E-state index contributed by atoms with van der Waals surface area (Å²) in [7, 11) is 2.64. The molecule has 0 aromatic heterocycles. The number of benzene rings is 2. The highest BCUT2D eigenvalue weighted by Gasteiger charge is 2.14. The Morgan fingerprint density at radius 1 is 0.861 bits per heavy atom. The van der Waals surface area contributed by atoms with Crippen molar-refractivity contribution in [3.63, 3.8) is 0 Å². The Morgan fingerprint density at radius 3 is 2.28 bits per heavy atom. The summed E-state index contributed by atoms with van der Waals surface area (Å²) in [6, 6.07) is 13.8. The van der Waals surface area contributed by atoms with Crippen LogP contribution in [0, 0.1) is 11.8 Å². The first-order valence-electron chi connectivity index (χ1n) is 12.7. The van der Waals surface area contributed by atoms with Crippen molar-refractivity contribution >= 4 is 11.9 Å². The van der Waals surface area contributed by atoms with Gasteiger partial charge in [-0.25, -0.2) is 9.59 Å². The highest BCUT2D eigenvalue weighted by Crippen LogP contribution is 2.15. The Hall–Kier alpha value is -3.14. The maximum atomic E-state index is 12.2. The van der Waals surface area contributed by atoms with Gasteiger partial charge in [0.2, 0.25) is 0 Å². The largest absolute Gasteiger partial charge is 0.467 e. The van der Waals surface area contributed by atoms with Gasteiger partial charge in [-0.1, -0.05) is 75.1 Å². The number of ether oxygens (including phenoxy) is 3. The normalized spacial score (nSPS) is 10.4. The molecule has 6 heteroatoms. The SMILES string of the molecule is CCCCCCCCC#Cc1ccc(CNCc2ccc(COCC(=O)OC)c(C(=O)OC)c2)cc1. The average Bonchev–Trinajstić information content (AvgIpc) is 2.91. The minimum atomic E-state index is -0.469. The number of nitrogens with one attached hydrogen (secondary N) is 1. The van der Waals surface area contributed by atoms with E-state index in [1.807, 2.05) is 12.1 Å². The molecule has 0 bridgehead atoms. The predicted molar refractivity (Wildman–Crippen MR) is 141 cm³/mol. The van der Waals surface area contributed by atoms with Gasteiger partial charge >= 0.3 is 11.9 Å². The summed E-state index contributed by atoms with van der Waals surface area (Å²) in [5, 5.41) is 3.41. The summed E-state index contributed by atoms with van der Waals surface area (Å²) in [6.07, 6.45) is 8.68. The highest BCUT2D eigenvalue weighted by atomic mass is 16.6. The first kappa shape index (κ1) is 29.1. The van der Waals surface area contributed by atoms with Crippen molar-refractivity contribution in [1.29, 1.82) is 0 Å². The van der Waals surface area contributed by atoms with Crippen LogP contribution in [0.4, 0.5) is 0 Å². The molecule has 0 fully saturated rings. The molecule has 194 valence electrons.